The highest BCUT2D eigenvalue weighted by molar-refractivity contribution is 7.10. The van der Waals surface area contributed by atoms with Crippen molar-refractivity contribution in [1.29, 1.82) is 0 Å². The quantitative estimate of drug-likeness (QED) is 0.800. The van der Waals surface area contributed by atoms with Gasteiger partial charge in [0.25, 0.3) is 0 Å². The van der Waals surface area contributed by atoms with Crippen LogP contribution in [0.3, 0.4) is 0 Å². The van der Waals surface area contributed by atoms with Crippen LogP contribution in [0.5, 0.6) is 0 Å². The van der Waals surface area contributed by atoms with E-state index in [2.05, 4.69) is 6.92 Å². The van der Waals surface area contributed by atoms with Gasteiger partial charge in [0.1, 0.15) is 0 Å². The summed E-state index contributed by atoms with van der Waals surface area (Å²) in [5, 5.41) is 2.77. The molecule has 0 spiro atoms. The molecule has 1 aromatic rings. The summed E-state index contributed by atoms with van der Waals surface area (Å²) < 4.78 is 0. The fourth-order valence-electron chi connectivity index (χ4n) is 0.755. The molecule has 0 aliphatic carbocycles. The molecule has 0 amide bonds. The number of nitrogens with two attached hydrogens (primary N) is 1. The van der Waals surface area contributed by atoms with Crippen LogP contribution >= 0.6 is 35.3 Å². The van der Waals surface area contributed by atoms with Crippen LogP contribution in [-0.4, -0.2) is 0 Å². The first kappa shape index (κ1) is 11.2. The molecule has 0 saturated carbocycles. The van der Waals surface area contributed by atoms with E-state index in [9.17, 15) is 0 Å². The minimum atomic E-state index is 0. The van der Waals surface area contributed by atoms with Gasteiger partial charge in [-0.1, -0.05) is 18.5 Å². The SMILES string of the molecule is CC[C@@H](N)c1sccc1Cl.Cl. The molecule has 1 atom stereocenters. The molecule has 1 aromatic heterocycles. The number of thiophene rings is 1. The molecule has 11 heavy (non-hydrogen) atoms. The highest BCUT2D eigenvalue weighted by atomic mass is 35.5. The zero-order valence-electron chi connectivity index (χ0n) is 6.21. The van der Waals surface area contributed by atoms with Gasteiger partial charge in [-0.2, -0.15) is 0 Å². The average molecular weight is 212 g/mol. The van der Waals surface area contributed by atoms with Crippen LogP contribution in [0.15, 0.2) is 11.4 Å². The minimum absolute atomic E-state index is 0. The van der Waals surface area contributed by atoms with E-state index in [1.807, 2.05) is 11.4 Å². The predicted octanol–water partition coefficient (Wildman–Crippen LogP) is 3.23. The Morgan fingerprint density at radius 1 is 1.73 bits per heavy atom. The van der Waals surface area contributed by atoms with Crippen molar-refractivity contribution in [3.63, 3.8) is 0 Å². The lowest BCUT2D eigenvalue weighted by Gasteiger charge is -2.04. The molecule has 0 saturated heterocycles. The average Bonchev–Trinajstić information content (AvgIpc) is 2.34. The third kappa shape index (κ3) is 2.64. The second kappa shape index (κ2) is 4.99. The Balaban J connectivity index is 0.000001000. The monoisotopic (exact) mass is 211 g/mol. The molecule has 0 aliphatic heterocycles. The maximum Gasteiger partial charge on any atom is 0.0561 e. The fourth-order valence-corrected chi connectivity index (χ4v) is 2.04. The molecule has 4 heteroatoms. The van der Waals surface area contributed by atoms with Gasteiger partial charge in [-0.25, -0.2) is 0 Å². The summed E-state index contributed by atoms with van der Waals surface area (Å²) in [5.74, 6) is 0. The zero-order valence-corrected chi connectivity index (χ0v) is 8.60. The molecule has 0 unspecified atom stereocenters. The smallest absolute Gasteiger partial charge is 0.0561 e. The van der Waals surface area contributed by atoms with Gasteiger partial charge in [0.2, 0.25) is 0 Å². The molecular weight excluding hydrogens is 201 g/mol. The molecule has 1 heterocycles. The Hall–Kier alpha value is 0.240. The van der Waals surface area contributed by atoms with Gasteiger partial charge < -0.3 is 5.73 Å². The van der Waals surface area contributed by atoms with Crippen LogP contribution in [-0.2, 0) is 0 Å². The lowest BCUT2D eigenvalue weighted by Crippen LogP contribution is -2.06. The molecule has 0 radical (unpaired) electrons. The molecule has 1 rings (SSSR count). The van der Waals surface area contributed by atoms with Crippen LogP contribution in [0.2, 0.25) is 5.02 Å². The van der Waals surface area contributed by atoms with E-state index in [1.54, 1.807) is 11.3 Å². The second-order valence-corrected chi connectivity index (χ2v) is 3.50. The molecule has 1 nitrogen and oxygen atoms in total. The van der Waals surface area contributed by atoms with E-state index in [1.165, 1.54) is 0 Å². The summed E-state index contributed by atoms with van der Waals surface area (Å²) in [6.45, 7) is 2.06. The Bertz CT molecular complexity index is 212. The first-order valence-corrected chi connectivity index (χ1v) is 4.50. The van der Waals surface area contributed by atoms with Crippen LogP contribution < -0.4 is 5.73 Å². The van der Waals surface area contributed by atoms with Gasteiger partial charge in [-0.3, -0.25) is 0 Å². The summed E-state index contributed by atoms with van der Waals surface area (Å²) in [4.78, 5) is 1.10. The minimum Gasteiger partial charge on any atom is -0.323 e. The third-order valence-corrected chi connectivity index (χ3v) is 2.91. The third-order valence-electron chi connectivity index (χ3n) is 1.42. The molecule has 2 N–H and O–H groups in total. The topological polar surface area (TPSA) is 26.0 Å². The molecular formula is C7H11Cl2NS. The highest BCUT2D eigenvalue weighted by Crippen LogP contribution is 2.28. The van der Waals surface area contributed by atoms with Gasteiger partial charge in [-0.15, -0.1) is 23.7 Å². The summed E-state index contributed by atoms with van der Waals surface area (Å²) in [6.07, 6.45) is 0.945. The first-order valence-electron chi connectivity index (χ1n) is 3.24. The van der Waals surface area contributed by atoms with Crippen molar-refractivity contribution in [3.8, 4) is 0 Å². The molecule has 0 bridgehead atoms. The number of rotatable bonds is 2. The summed E-state index contributed by atoms with van der Waals surface area (Å²) in [6, 6.07) is 2.00. The van der Waals surface area contributed by atoms with Crippen molar-refractivity contribution in [2.45, 2.75) is 19.4 Å². The Kier molecular flexibility index (Phi) is 5.10. The molecule has 0 aliphatic rings. The molecule has 0 fully saturated rings. The van der Waals surface area contributed by atoms with E-state index < -0.39 is 0 Å². The Labute approximate surface area is 82.0 Å². The maximum atomic E-state index is 5.84. The van der Waals surface area contributed by atoms with Crippen LogP contribution in [0.25, 0.3) is 0 Å². The van der Waals surface area contributed by atoms with Gasteiger partial charge in [0.15, 0.2) is 0 Å². The van der Waals surface area contributed by atoms with E-state index in [0.29, 0.717) is 0 Å². The van der Waals surface area contributed by atoms with Crippen molar-refractivity contribution in [3.05, 3.63) is 21.3 Å². The Morgan fingerprint density at radius 2 is 2.36 bits per heavy atom. The summed E-state index contributed by atoms with van der Waals surface area (Å²) >= 11 is 7.47. The van der Waals surface area contributed by atoms with Crippen LogP contribution in [0.1, 0.15) is 24.3 Å². The van der Waals surface area contributed by atoms with Crippen molar-refractivity contribution in [2.24, 2.45) is 5.73 Å². The number of hydrogen-bond acceptors (Lipinski definition) is 2. The van der Waals surface area contributed by atoms with Crippen LogP contribution in [0.4, 0.5) is 0 Å². The lowest BCUT2D eigenvalue weighted by atomic mass is 10.2. The van der Waals surface area contributed by atoms with Gasteiger partial charge in [0, 0.05) is 10.9 Å². The standard InChI is InChI=1S/C7H10ClNS.ClH/c1-2-6(9)7-5(8)3-4-10-7;/h3-4,6H,2,9H2,1H3;1H/t6-;/m1./s1. The van der Waals surface area contributed by atoms with E-state index in [0.717, 1.165) is 16.3 Å². The van der Waals surface area contributed by atoms with Crippen molar-refractivity contribution in [1.82, 2.24) is 0 Å². The number of halogens is 2. The van der Waals surface area contributed by atoms with Gasteiger partial charge in [0.05, 0.1) is 5.02 Å². The predicted molar refractivity (Wildman–Crippen MR) is 53.8 cm³/mol. The fraction of sp³-hybridized carbons (Fsp3) is 0.429. The lowest BCUT2D eigenvalue weighted by molar-refractivity contribution is 0.712. The molecule has 0 aromatic carbocycles. The van der Waals surface area contributed by atoms with Crippen molar-refractivity contribution < 1.29 is 0 Å². The second-order valence-electron chi connectivity index (χ2n) is 2.15. The summed E-state index contributed by atoms with van der Waals surface area (Å²) in [7, 11) is 0. The van der Waals surface area contributed by atoms with E-state index >= 15 is 0 Å². The van der Waals surface area contributed by atoms with Crippen molar-refractivity contribution in [2.75, 3.05) is 0 Å². The van der Waals surface area contributed by atoms with E-state index in [4.69, 9.17) is 17.3 Å². The zero-order chi connectivity index (χ0) is 7.56. The van der Waals surface area contributed by atoms with Gasteiger partial charge >= 0.3 is 0 Å². The first-order chi connectivity index (χ1) is 4.75. The maximum absolute atomic E-state index is 5.84. The largest absolute Gasteiger partial charge is 0.323 e. The van der Waals surface area contributed by atoms with E-state index in [-0.39, 0.29) is 18.4 Å². The molecule has 64 valence electrons. The summed E-state index contributed by atoms with van der Waals surface area (Å²) in [5.41, 5.74) is 5.77. The number of hydrogen-bond donors (Lipinski definition) is 1. The van der Waals surface area contributed by atoms with Crippen LogP contribution in [0, 0.1) is 0 Å². The van der Waals surface area contributed by atoms with Gasteiger partial charge in [-0.05, 0) is 17.9 Å². The normalized spacial score (nSPS) is 12.3. The highest BCUT2D eigenvalue weighted by Gasteiger charge is 2.08. The Morgan fingerprint density at radius 3 is 2.73 bits per heavy atom. The van der Waals surface area contributed by atoms with Crippen molar-refractivity contribution >= 4 is 35.3 Å².